The third kappa shape index (κ3) is 15.8. The maximum atomic E-state index is 13.5. The molecule has 0 N–H and O–H groups in total. The molecule has 0 heterocycles. The van der Waals surface area contributed by atoms with Gasteiger partial charge in [-0.15, -0.1) is 0 Å². The molecule has 0 unspecified atom stereocenters. The van der Waals surface area contributed by atoms with Crippen LogP contribution in [0.2, 0.25) is 0 Å². The molecule has 0 aliphatic carbocycles. The van der Waals surface area contributed by atoms with Gasteiger partial charge in [0.25, 0.3) is 0 Å². The Bertz CT molecular complexity index is 620. The van der Waals surface area contributed by atoms with E-state index in [0.717, 1.165) is 6.42 Å². The van der Waals surface area contributed by atoms with Crippen LogP contribution >= 0.6 is 0 Å². The van der Waals surface area contributed by atoms with E-state index in [2.05, 4.69) is 4.74 Å². The molecule has 0 aromatic rings. The van der Waals surface area contributed by atoms with Gasteiger partial charge < -0.3 is 14.2 Å². The zero-order valence-corrected chi connectivity index (χ0v) is 20.4. The lowest BCUT2D eigenvalue weighted by molar-refractivity contribution is -0.172. The van der Waals surface area contributed by atoms with Gasteiger partial charge in [0.2, 0.25) is 0 Å². The zero-order valence-electron chi connectivity index (χ0n) is 20.4. The molecule has 0 aliphatic rings. The molecule has 6 nitrogen and oxygen atoms in total. The predicted molar refractivity (Wildman–Crippen MR) is 118 cm³/mol. The summed E-state index contributed by atoms with van der Waals surface area (Å²) in [5.41, 5.74) is -1.16. The minimum atomic E-state index is -3.49. The Balaban J connectivity index is 4.03. The molecule has 0 saturated heterocycles. The number of rotatable bonds is 15. The summed E-state index contributed by atoms with van der Waals surface area (Å²) in [6, 6.07) is 0. The van der Waals surface area contributed by atoms with Gasteiger partial charge in [-0.05, 0) is 67.2 Å². The normalized spacial score (nSPS) is 12.6. The number of alkyl halides is 2. The fourth-order valence-corrected chi connectivity index (χ4v) is 2.77. The number of carbonyl (C=O) groups excluding carboxylic acids is 3. The number of allylic oxidation sites excluding steroid dienone is 1. The SMILES string of the molecule is CCOC(=O)C(F)(F)CCCCCC(=O)OC(C)(C)C/C=C/CCCC(=O)OC(C)(C)C. The van der Waals surface area contributed by atoms with Crippen LogP contribution in [0.1, 0.15) is 99.3 Å². The summed E-state index contributed by atoms with van der Waals surface area (Å²) < 4.78 is 42.1. The minimum Gasteiger partial charge on any atom is -0.462 e. The second kappa shape index (κ2) is 14.2. The van der Waals surface area contributed by atoms with Crippen molar-refractivity contribution in [2.45, 2.75) is 116 Å². The van der Waals surface area contributed by atoms with Gasteiger partial charge in [0.15, 0.2) is 0 Å². The van der Waals surface area contributed by atoms with Crippen molar-refractivity contribution < 1.29 is 37.4 Å². The highest BCUT2D eigenvalue weighted by Gasteiger charge is 2.39. The van der Waals surface area contributed by atoms with Crippen LogP contribution in [-0.4, -0.2) is 41.6 Å². The average Bonchev–Trinajstić information content (AvgIpc) is 2.62. The van der Waals surface area contributed by atoms with E-state index in [1.807, 2.05) is 32.9 Å². The summed E-state index contributed by atoms with van der Waals surface area (Å²) in [5, 5.41) is 0. The fourth-order valence-electron chi connectivity index (χ4n) is 2.77. The van der Waals surface area contributed by atoms with Crippen LogP contribution in [-0.2, 0) is 28.6 Å². The molecule has 0 aromatic carbocycles. The summed E-state index contributed by atoms with van der Waals surface area (Å²) in [5.74, 6) is -5.59. The third-order valence-corrected chi connectivity index (χ3v) is 4.28. The molecule has 32 heavy (non-hydrogen) atoms. The van der Waals surface area contributed by atoms with E-state index in [-0.39, 0.29) is 31.4 Å². The lowest BCUT2D eigenvalue weighted by Crippen LogP contribution is -2.30. The molecule has 0 aliphatic heterocycles. The molecule has 0 rings (SSSR count). The van der Waals surface area contributed by atoms with E-state index in [1.54, 1.807) is 13.8 Å². The molecule has 0 amide bonds. The van der Waals surface area contributed by atoms with Crippen LogP contribution < -0.4 is 0 Å². The van der Waals surface area contributed by atoms with E-state index in [0.29, 0.717) is 32.1 Å². The van der Waals surface area contributed by atoms with Crippen molar-refractivity contribution in [2.24, 2.45) is 0 Å². The Morgan fingerprint density at radius 3 is 2.00 bits per heavy atom. The Labute approximate surface area is 191 Å². The summed E-state index contributed by atoms with van der Waals surface area (Å²) in [6.45, 7) is 10.5. The first-order valence-electron chi connectivity index (χ1n) is 11.3. The maximum Gasteiger partial charge on any atom is 0.376 e. The first kappa shape index (κ1) is 30.0. The highest BCUT2D eigenvalue weighted by molar-refractivity contribution is 5.77. The van der Waals surface area contributed by atoms with Gasteiger partial charge in [-0.25, -0.2) is 4.79 Å². The lowest BCUT2D eigenvalue weighted by atomic mass is 10.0. The van der Waals surface area contributed by atoms with Crippen LogP contribution in [0.25, 0.3) is 0 Å². The summed E-state index contributed by atoms with van der Waals surface area (Å²) >= 11 is 0. The van der Waals surface area contributed by atoms with Gasteiger partial charge in [0, 0.05) is 25.7 Å². The Hall–Kier alpha value is -1.99. The first-order chi connectivity index (χ1) is 14.7. The summed E-state index contributed by atoms with van der Waals surface area (Å²) in [4.78, 5) is 34.8. The number of hydrogen-bond acceptors (Lipinski definition) is 6. The maximum absolute atomic E-state index is 13.5. The molecular weight excluding hydrogens is 422 g/mol. The van der Waals surface area contributed by atoms with Gasteiger partial charge >= 0.3 is 23.8 Å². The number of unbranched alkanes of at least 4 members (excludes halogenated alkanes) is 3. The molecule has 0 bridgehead atoms. The van der Waals surface area contributed by atoms with Crippen molar-refractivity contribution in [3.63, 3.8) is 0 Å². The van der Waals surface area contributed by atoms with Crippen molar-refractivity contribution in [3.8, 4) is 0 Å². The molecule has 0 saturated carbocycles. The number of ether oxygens (including phenoxy) is 3. The predicted octanol–water partition coefficient (Wildman–Crippen LogP) is 5.92. The lowest BCUT2D eigenvalue weighted by Gasteiger charge is -2.23. The molecule has 0 radical (unpaired) electrons. The second-order valence-corrected chi connectivity index (χ2v) is 9.37. The Morgan fingerprint density at radius 1 is 0.812 bits per heavy atom. The van der Waals surface area contributed by atoms with Gasteiger partial charge in [-0.3, -0.25) is 9.59 Å². The zero-order chi connectivity index (χ0) is 24.8. The quantitative estimate of drug-likeness (QED) is 0.130. The summed E-state index contributed by atoms with van der Waals surface area (Å²) in [7, 11) is 0. The fraction of sp³-hybridized carbons (Fsp3) is 0.792. The van der Waals surface area contributed by atoms with E-state index >= 15 is 0 Å². The number of esters is 3. The van der Waals surface area contributed by atoms with E-state index in [1.165, 1.54) is 6.92 Å². The monoisotopic (exact) mass is 462 g/mol. The van der Waals surface area contributed by atoms with Crippen LogP contribution in [0.4, 0.5) is 8.78 Å². The highest BCUT2D eigenvalue weighted by Crippen LogP contribution is 2.24. The number of halogens is 2. The second-order valence-electron chi connectivity index (χ2n) is 9.37. The molecule has 8 heteroatoms. The largest absolute Gasteiger partial charge is 0.462 e. The van der Waals surface area contributed by atoms with Gasteiger partial charge in [-0.2, -0.15) is 8.78 Å². The van der Waals surface area contributed by atoms with Crippen LogP contribution in [0.3, 0.4) is 0 Å². The Kier molecular flexibility index (Phi) is 13.3. The number of carbonyl (C=O) groups is 3. The van der Waals surface area contributed by atoms with Crippen molar-refractivity contribution in [3.05, 3.63) is 12.2 Å². The van der Waals surface area contributed by atoms with Crippen molar-refractivity contribution >= 4 is 17.9 Å². The van der Waals surface area contributed by atoms with Gasteiger partial charge in [0.05, 0.1) is 6.61 Å². The van der Waals surface area contributed by atoms with Gasteiger partial charge in [-0.1, -0.05) is 18.6 Å². The smallest absolute Gasteiger partial charge is 0.376 e. The van der Waals surface area contributed by atoms with Crippen molar-refractivity contribution in [1.82, 2.24) is 0 Å². The minimum absolute atomic E-state index is 0.0860. The van der Waals surface area contributed by atoms with Crippen LogP contribution in [0.15, 0.2) is 12.2 Å². The topological polar surface area (TPSA) is 78.9 Å². The average molecular weight is 463 g/mol. The highest BCUT2D eigenvalue weighted by atomic mass is 19.3. The molecule has 0 aromatic heterocycles. The third-order valence-electron chi connectivity index (χ3n) is 4.28. The molecule has 0 spiro atoms. The van der Waals surface area contributed by atoms with E-state index in [9.17, 15) is 23.2 Å². The molecule has 0 fully saturated rings. The Morgan fingerprint density at radius 2 is 1.41 bits per heavy atom. The summed E-state index contributed by atoms with van der Waals surface area (Å²) in [6.07, 6.45) is 6.61. The van der Waals surface area contributed by atoms with E-state index < -0.39 is 29.5 Å². The number of hydrogen-bond donors (Lipinski definition) is 0. The standard InChI is InChI=1S/C24H40F2O6/c1-7-30-21(29)24(25,26)18-14-10-12-16-20(28)32-23(5,6)17-13-9-8-11-15-19(27)31-22(2,3)4/h9,13H,7-8,10-12,14-18H2,1-6H3/b13-9+. The van der Waals surface area contributed by atoms with Crippen LogP contribution in [0, 0.1) is 0 Å². The molecule has 186 valence electrons. The van der Waals surface area contributed by atoms with E-state index in [4.69, 9.17) is 9.47 Å². The van der Waals surface area contributed by atoms with Crippen LogP contribution in [0.5, 0.6) is 0 Å². The van der Waals surface area contributed by atoms with Crippen molar-refractivity contribution in [1.29, 1.82) is 0 Å². The first-order valence-corrected chi connectivity index (χ1v) is 11.3. The molecule has 0 atom stereocenters. The van der Waals surface area contributed by atoms with Gasteiger partial charge in [0.1, 0.15) is 11.2 Å². The van der Waals surface area contributed by atoms with Crippen molar-refractivity contribution in [2.75, 3.05) is 6.61 Å². The molecular formula is C24H40F2O6.